The van der Waals surface area contributed by atoms with Crippen molar-refractivity contribution in [3.8, 4) is 6.07 Å². The maximum Gasteiger partial charge on any atom is 0.120 e. The van der Waals surface area contributed by atoms with Crippen LogP contribution < -0.4 is 5.32 Å². The summed E-state index contributed by atoms with van der Waals surface area (Å²) in [6.45, 7) is 8.58. The quantitative estimate of drug-likeness (QED) is 0.790. The van der Waals surface area contributed by atoms with Crippen LogP contribution in [-0.4, -0.2) is 11.1 Å². The molecule has 0 radical (unpaired) electrons. The van der Waals surface area contributed by atoms with E-state index >= 15 is 0 Å². The van der Waals surface area contributed by atoms with E-state index in [0.717, 1.165) is 19.5 Å². The minimum absolute atomic E-state index is 0.376. The summed E-state index contributed by atoms with van der Waals surface area (Å²) in [5, 5.41) is 12.2. The lowest BCUT2D eigenvalue weighted by atomic mass is 9.92. The molecule has 1 rings (SSSR count). The fourth-order valence-electron chi connectivity index (χ4n) is 1.54. The summed E-state index contributed by atoms with van der Waals surface area (Å²) in [7, 11) is 1.90. The highest BCUT2D eigenvalue weighted by molar-refractivity contribution is 5.28. The zero-order valence-electron chi connectivity index (χ0n) is 10.7. The molecule has 0 bridgehead atoms. The van der Waals surface area contributed by atoms with Gasteiger partial charge < -0.3 is 9.88 Å². The Morgan fingerprint density at radius 2 is 2.12 bits per heavy atom. The van der Waals surface area contributed by atoms with Crippen LogP contribution in [0.1, 0.15) is 38.4 Å². The average molecular weight is 219 g/mol. The van der Waals surface area contributed by atoms with Crippen LogP contribution in [0.4, 0.5) is 0 Å². The molecule has 0 aromatic carbocycles. The Kier molecular flexibility index (Phi) is 4.14. The van der Waals surface area contributed by atoms with Crippen molar-refractivity contribution in [3.63, 3.8) is 0 Å². The lowest BCUT2D eigenvalue weighted by Crippen LogP contribution is -2.19. The number of aryl methyl sites for hydroxylation is 1. The number of hydrogen-bond donors (Lipinski definition) is 1. The molecular weight excluding hydrogens is 198 g/mol. The molecule has 0 aliphatic rings. The molecule has 1 aromatic heterocycles. The normalized spacial score (nSPS) is 11.4. The summed E-state index contributed by atoms with van der Waals surface area (Å²) in [5.41, 5.74) is 2.27. The standard InChI is InChI=1S/C13H21N3/c1-13(2,3)5-6-15-9-11-7-12(8-14)16(4)10-11/h7,10,15H,5-6,9H2,1-4H3. The first-order chi connectivity index (χ1) is 7.42. The van der Waals surface area contributed by atoms with Crippen LogP contribution >= 0.6 is 0 Å². The van der Waals surface area contributed by atoms with E-state index in [9.17, 15) is 0 Å². The minimum Gasteiger partial charge on any atom is -0.342 e. The number of nitriles is 1. The molecule has 0 amide bonds. The molecule has 0 fully saturated rings. The highest BCUT2D eigenvalue weighted by atomic mass is 14.9. The molecule has 0 aliphatic heterocycles. The van der Waals surface area contributed by atoms with Crippen molar-refractivity contribution in [2.45, 2.75) is 33.7 Å². The Morgan fingerprint density at radius 1 is 1.44 bits per heavy atom. The van der Waals surface area contributed by atoms with Gasteiger partial charge in [-0.15, -0.1) is 0 Å². The van der Waals surface area contributed by atoms with Crippen molar-refractivity contribution in [2.24, 2.45) is 12.5 Å². The van der Waals surface area contributed by atoms with Crippen LogP contribution in [-0.2, 0) is 13.6 Å². The number of nitrogens with zero attached hydrogens (tertiary/aromatic N) is 2. The molecule has 3 nitrogen and oxygen atoms in total. The predicted octanol–water partition coefficient (Wildman–Crippen LogP) is 2.42. The molecule has 16 heavy (non-hydrogen) atoms. The SMILES string of the molecule is Cn1cc(CNCCC(C)(C)C)cc1C#N. The van der Waals surface area contributed by atoms with Gasteiger partial charge in [0.05, 0.1) is 0 Å². The second-order valence-electron chi connectivity index (χ2n) is 5.44. The predicted molar refractivity (Wildman–Crippen MR) is 65.9 cm³/mol. The second-order valence-corrected chi connectivity index (χ2v) is 5.44. The molecule has 1 N–H and O–H groups in total. The maximum atomic E-state index is 8.82. The lowest BCUT2D eigenvalue weighted by molar-refractivity contribution is 0.366. The second kappa shape index (κ2) is 5.18. The molecule has 0 aliphatic carbocycles. The van der Waals surface area contributed by atoms with Crippen molar-refractivity contribution in [1.29, 1.82) is 5.26 Å². The van der Waals surface area contributed by atoms with Crippen LogP contribution in [0.25, 0.3) is 0 Å². The molecule has 88 valence electrons. The Morgan fingerprint density at radius 3 is 2.62 bits per heavy atom. The van der Waals surface area contributed by atoms with E-state index in [1.165, 1.54) is 5.56 Å². The Labute approximate surface area is 98.1 Å². The molecule has 0 spiro atoms. The Hall–Kier alpha value is -1.27. The van der Waals surface area contributed by atoms with Gasteiger partial charge in [0.15, 0.2) is 0 Å². The summed E-state index contributed by atoms with van der Waals surface area (Å²) < 4.78 is 1.86. The van der Waals surface area contributed by atoms with Crippen LogP contribution in [0.2, 0.25) is 0 Å². The van der Waals surface area contributed by atoms with E-state index in [1.807, 2.05) is 23.9 Å². The van der Waals surface area contributed by atoms with E-state index in [0.29, 0.717) is 11.1 Å². The van der Waals surface area contributed by atoms with E-state index in [4.69, 9.17) is 5.26 Å². The van der Waals surface area contributed by atoms with Crippen molar-refractivity contribution < 1.29 is 0 Å². The molecule has 0 unspecified atom stereocenters. The molecular formula is C13H21N3. The number of aromatic nitrogens is 1. The maximum absolute atomic E-state index is 8.82. The van der Waals surface area contributed by atoms with Gasteiger partial charge in [-0.2, -0.15) is 5.26 Å². The average Bonchev–Trinajstić information content (AvgIpc) is 2.52. The van der Waals surface area contributed by atoms with Gasteiger partial charge in [-0.3, -0.25) is 0 Å². The third-order valence-corrected chi connectivity index (χ3v) is 2.56. The van der Waals surface area contributed by atoms with Gasteiger partial charge in [0.1, 0.15) is 11.8 Å². The van der Waals surface area contributed by atoms with Gasteiger partial charge in [-0.1, -0.05) is 20.8 Å². The zero-order chi connectivity index (χ0) is 12.2. The van der Waals surface area contributed by atoms with Crippen LogP contribution in [0, 0.1) is 16.7 Å². The van der Waals surface area contributed by atoms with Gasteiger partial charge >= 0.3 is 0 Å². The lowest BCUT2D eigenvalue weighted by Gasteiger charge is -2.17. The molecule has 0 saturated heterocycles. The first kappa shape index (κ1) is 12.8. The van der Waals surface area contributed by atoms with Crippen LogP contribution in [0.15, 0.2) is 12.3 Å². The largest absolute Gasteiger partial charge is 0.342 e. The van der Waals surface area contributed by atoms with Gasteiger partial charge in [0, 0.05) is 19.8 Å². The molecule has 3 heteroatoms. The van der Waals surface area contributed by atoms with Gasteiger partial charge in [-0.05, 0) is 30.0 Å². The highest BCUT2D eigenvalue weighted by Crippen LogP contribution is 2.17. The molecule has 0 saturated carbocycles. The monoisotopic (exact) mass is 219 g/mol. The van der Waals surface area contributed by atoms with Crippen molar-refractivity contribution in [3.05, 3.63) is 23.5 Å². The van der Waals surface area contributed by atoms with Crippen molar-refractivity contribution >= 4 is 0 Å². The minimum atomic E-state index is 0.376. The fraction of sp³-hybridized carbons (Fsp3) is 0.615. The number of hydrogen-bond acceptors (Lipinski definition) is 2. The van der Waals surface area contributed by atoms with E-state index in [2.05, 4.69) is 32.2 Å². The first-order valence-corrected chi connectivity index (χ1v) is 5.68. The van der Waals surface area contributed by atoms with Crippen molar-refractivity contribution in [1.82, 2.24) is 9.88 Å². The first-order valence-electron chi connectivity index (χ1n) is 5.68. The van der Waals surface area contributed by atoms with Gasteiger partial charge in [0.2, 0.25) is 0 Å². The van der Waals surface area contributed by atoms with Crippen LogP contribution in [0.5, 0.6) is 0 Å². The Bertz CT molecular complexity index is 377. The summed E-state index contributed by atoms with van der Waals surface area (Å²) in [4.78, 5) is 0. The van der Waals surface area contributed by atoms with Crippen LogP contribution in [0.3, 0.4) is 0 Å². The fourth-order valence-corrected chi connectivity index (χ4v) is 1.54. The number of rotatable bonds is 4. The molecule has 1 aromatic rings. The summed E-state index contributed by atoms with van der Waals surface area (Å²) in [6, 6.07) is 4.10. The number of nitrogens with one attached hydrogen (secondary N) is 1. The van der Waals surface area contributed by atoms with Gasteiger partial charge in [-0.25, -0.2) is 0 Å². The smallest absolute Gasteiger partial charge is 0.120 e. The third kappa shape index (κ3) is 4.08. The summed E-state index contributed by atoms with van der Waals surface area (Å²) in [5.74, 6) is 0. The summed E-state index contributed by atoms with van der Waals surface area (Å²) >= 11 is 0. The van der Waals surface area contributed by atoms with Crippen molar-refractivity contribution in [2.75, 3.05) is 6.54 Å². The zero-order valence-corrected chi connectivity index (χ0v) is 10.7. The van der Waals surface area contributed by atoms with E-state index < -0.39 is 0 Å². The van der Waals surface area contributed by atoms with E-state index in [1.54, 1.807) is 0 Å². The Balaban J connectivity index is 2.36. The molecule has 0 atom stereocenters. The molecule has 1 heterocycles. The van der Waals surface area contributed by atoms with Gasteiger partial charge in [0.25, 0.3) is 0 Å². The topological polar surface area (TPSA) is 40.8 Å². The summed E-state index contributed by atoms with van der Waals surface area (Å²) in [6.07, 6.45) is 3.16. The highest BCUT2D eigenvalue weighted by Gasteiger charge is 2.09. The third-order valence-electron chi connectivity index (χ3n) is 2.56. The van der Waals surface area contributed by atoms with E-state index in [-0.39, 0.29) is 0 Å².